The molecule has 0 radical (unpaired) electrons. The molecule has 0 bridgehead atoms. The molecule has 0 saturated heterocycles. The Morgan fingerprint density at radius 1 is 1.23 bits per heavy atom. The second kappa shape index (κ2) is 7.11. The van der Waals surface area contributed by atoms with E-state index in [4.69, 9.17) is 27.9 Å². The lowest BCUT2D eigenvalue weighted by molar-refractivity contribution is 0.390. The van der Waals surface area contributed by atoms with Gasteiger partial charge in [0.15, 0.2) is 10.1 Å². The van der Waals surface area contributed by atoms with Gasteiger partial charge in [-0.05, 0) is 18.2 Å². The molecule has 4 aromatic rings. The van der Waals surface area contributed by atoms with Gasteiger partial charge in [-0.2, -0.15) is 0 Å². The summed E-state index contributed by atoms with van der Waals surface area (Å²) < 4.78 is 7.36. The first-order valence-corrected chi connectivity index (χ1v) is 9.24. The fourth-order valence-corrected chi connectivity index (χ4v) is 3.58. The van der Waals surface area contributed by atoms with Crippen molar-refractivity contribution < 1.29 is 4.74 Å². The second-order valence-electron chi connectivity index (χ2n) is 5.43. The molecule has 1 aromatic carbocycles. The molecule has 0 unspecified atom stereocenters. The van der Waals surface area contributed by atoms with Gasteiger partial charge in [0.2, 0.25) is 5.88 Å². The van der Waals surface area contributed by atoms with Gasteiger partial charge in [0.1, 0.15) is 0 Å². The number of hydrogen-bond acceptors (Lipinski definition) is 6. The van der Waals surface area contributed by atoms with Crippen LogP contribution in [0.1, 0.15) is 4.88 Å². The predicted octanol–water partition coefficient (Wildman–Crippen LogP) is 4.78. The summed E-state index contributed by atoms with van der Waals surface area (Å²) >= 11 is 13.6. The molecule has 3 heterocycles. The summed E-state index contributed by atoms with van der Waals surface area (Å²) in [5, 5.41) is 8.28. The number of rotatable bonds is 5. The Bertz CT molecular complexity index is 1080. The standard InChI is InChI=1S/C17H13Cl2N5OS/c1-25-16-5-4-15-22-14(9-24(15)23-16)10-2-3-12(18)13(6-10)20-7-11-8-21-17(19)26-11/h2-6,8-9,20H,7H2,1H3. The molecule has 0 spiro atoms. The van der Waals surface area contributed by atoms with Crippen LogP contribution in [0.5, 0.6) is 5.88 Å². The normalized spacial score (nSPS) is 11.0. The van der Waals surface area contributed by atoms with Crippen molar-refractivity contribution in [1.82, 2.24) is 19.6 Å². The van der Waals surface area contributed by atoms with Gasteiger partial charge in [0, 0.05) is 22.7 Å². The van der Waals surface area contributed by atoms with Crippen LogP contribution in [-0.4, -0.2) is 26.7 Å². The van der Waals surface area contributed by atoms with E-state index in [1.165, 1.54) is 11.3 Å². The smallest absolute Gasteiger partial charge is 0.231 e. The molecule has 0 atom stereocenters. The van der Waals surface area contributed by atoms with Crippen LogP contribution in [-0.2, 0) is 6.54 Å². The minimum atomic E-state index is 0.522. The lowest BCUT2D eigenvalue weighted by atomic mass is 10.1. The van der Waals surface area contributed by atoms with Crippen LogP contribution in [0.25, 0.3) is 16.9 Å². The zero-order valence-electron chi connectivity index (χ0n) is 13.6. The Balaban J connectivity index is 1.62. The highest BCUT2D eigenvalue weighted by molar-refractivity contribution is 7.15. The number of halogens is 2. The van der Waals surface area contributed by atoms with Gasteiger partial charge < -0.3 is 10.1 Å². The molecule has 3 aromatic heterocycles. The number of ether oxygens (including phenoxy) is 1. The monoisotopic (exact) mass is 405 g/mol. The summed E-state index contributed by atoms with van der Waals surface area (Å²) in [6.07, 6.45) is 3.60. The SMILES string of the molecule is COc1ccc2nc(-c3ccc(Cl)c(NCc4cnc(Cl)s4)c3)cn2n1. The maximum absolute atomic E-state index is 6.32. The van der Waals surface area contributed by atoms with Crippen LogP contribution in [0.2, 0.25) is 9.49 Å². The fourth-order valence-electron chi connectivity index (χ4n) is 2.48. The van der Waals surface area contributed by atoms with Crippen LogP contribution < -0.4 is 10.1 Å². The van der Waals surface area contributed by atoms with Crippen LogP contribution in [0.3, 0.4) is 0 Å². The van der Waals surface area contributed by atoms with Crippen molar-refractivity contribution >= 4 is 45.9 Å². The van der Waals surface area contributed by atoms with Crippen LogP contribution in [0.15, 0.2) is 42.7 Å². The predicted molar refractivity (Wildman–Crippen MR) is 104 cm³/mol. The molecule has 1 N–H and O–H groups in total. The molecule has 9 heteroatoms. The molecule has 0 aliphatic carbocycles. The Labute approximate surface area is 163 Å². The first-order chi connectivity index (χ1) is 12.6. The van der Waals surface area contributed by atoms with E-state index < -0.39 is 0 Å². The summed E-state index contributed by atoms with van der Waals surface area (Å²) in [7, 11) is 1.58. The molecular weight excluding hydrogens is 393 g/mol. The van der Waals surface area contributed by atoms with Crippen LogP contribution in [0, 0.1) is 0 Å². The quantitative estimate of drug-likeness (QED) is 0.517. The number of nitrogens with one attached hydrogen (secondary N) is 1. The van der Waals surface area contributed by atoms with E-state index in [-0.39, 0.29) is 0 Å². The number of anilines is 1. The summed E-state index contributed by atoms with van der Waals surface area (Å²) in [6.45, 7) is 0.595. The number of hydrogen-bond donors (Lipinski definition) is 1. The average Bonchev–Trinajstić information content (AvgIpc) is 3.26. The van der Waals surface area contributed by atoms with Gasteiger partial charge >= 0.3 is 0 Å². The third-order valence-corrected chi connectivity index (χ3v) is 5.19. The van der Waals surface area contributed by atoms with E-state index in [0.29, 0.717) is 21.9 Å². The van der Waals surface area contributed by atoms with E-state index in [2.05, 4.69) is 20.4 Å². The first-order valence-electron chi connectivity index (χ1n) is 7.67. The molecule has 26 heavy (non-hydrogen) atoms. The minimum absolute atomic E-state index is 0.522. The molecule has 0 amide bonds. The molecule has 6 nitrogen and oxygen atoms in total. The summed E-state index contributed by atoms with van der Waals surface area (Å²) in [5.41, 5.74) is 3.29. The zero-order valence-corrected chi connectivity index (χ0v) is 15.9. The number of aromatic nitrogens is 4. The van der Waals surface area contributed by atoms with Crippen molar-refractivity contribution in [2.75, 3.05) is 12.4 Å². The molecule has 132 valence electrons. The van der Waals surface area contributed by atoms with Crippen molar-refractivity contribution in [2.45, 2.75) is 6.54 Å². The van der Waals surface area contributed by atoms with E-state index in [0.717, 1.165) is 27.5 Å². The van der Waals surface area contributed by atoms with E-state index in [9.17, 15) is 0 Å². The summed E-state index contributed by atoms with van der Waals surface area (Å²) in [6, 6.07) is 9.37. The maximum atomic E-state index is 6.32. The maximum Gasteiger partial charge on any atom is 0.231 e. The van der Waals surface area contributed by atoms with Crippen molar-refractivity contribution in [1.29, 1.82) is 0 Å². The van der Waals surface area contributed by atoms with Crippen molar-refractivity contribution in [2.24, 2.45) is 0 Å². The highest BCUT2D eigenvalue weighted by Crippen LogP contribution is 2.29. The lowest BCUT2D eigenvalue weighted by Crippen LogP contribution is -1.98. The topological polar surface area (TPSA) is 64.3 Å². The highest BCUT2D eigenvalue weighted by atomic mass is 35.5. The van der Waals surface area contributed by atoms with Crippen molar-refractivity contribution in [3.63, 3.8) is 0 Å². The minimum Gasteiger partial charge on any atom is -0.480 e. The molecular formula is C17H13Cl2N5OS. The fraction of sp³-hybridized carbons (Fsp3) is 0.118. The number of benzene rings is 1. The molecule has 0 saturated carbocycles. The number of nitrogens with zero attached hydrogens (tertiary/aromatic N) is 4. The van der Waals surface area contributed by atoms with Gasteiger partial charge in [-0.1, -0.05) is 29.3 Å². The number of thiazole rings is 1. The van der Waals surface area contributed by atoms with Crippen LogP contribution in [0.4, 0.5) is 5.69 Å². The number of methoxy groups -OCH3 is 1. The van der Waals surface area contributed by atoms with Gasteiger partial charge in [0.25, 0.3) is 0 Å². The van der Waals surface area contributed by atoms with Crippen LogP contribution >= 0.6 is 34.5 Å². The van der Waals surface area contributed by atoms with Gasteiger partial charge in [-0.25, -0.2) is 14.5 Å². The Hall–Kier alpha value is -2.35. The van der Waals surface area contributed by atoms with E-state index in [1.54, 1.807) is 23.9 Å². The highest BCUT2D eigenvalue weighted by Gasteiger charge is 2.09. The third kappa shape index (κ3) is 3.46. The number of imidazole rings is 1. The van der Waals surface area contributed by atoms with Gasteiger partial charge in [-0.15, -0.1) is 16.4 Å². The van der Waals surface area contributed by atoms with Crippen molar-refractivity contribution in [3.05, 3.63) is 57.1 Å². The average molecular weight is 406 g/mol. The second-order valence-corrected chi connectivity index (χ2v) is 7.54. The van der Waals surface area contributed by atoms with E-state index in [1.807, 2.05) is 30.5 Å². The van der Waals surface area contributed by atoms with Gasteiger partial charge in [-0.3, -0.25) is 0 Å². The Morgan fingerprint density at radius 3 is 2.88 bits per heavy atom. The Morgan fingerprint density at radius 2 is 2.12 bits per heavy atom. The first kappa shape index (κ1) is 17.1. The third-order valence-electron chi connectivity index (χ3n) is 3.75. The van der Waals surface area contributed by atoms with E-state index >= 15 is 0 Å². The molecule has 0 aliphatic heterocycles. The summed E-state index contributed by atoms with van der Waals surface area (Å²) in [4.78, 5) is 9.66. The van der Waals surface area contributed by atoms with Gasteiger partial charge in [0.05, 0.1) is 36.3 Å². The zero-order chi connectivity index (χ0) is 18.1. The number of fused-ring (bicyclic) bond motifs is 1. The largest absolute Gasteiger partial charge is 0.480 e. The molecule has 0 aliphatic rings. The molecule has 0 fully saturated rings. The molecule has 4 rings (SSSR count). The Kier molecular flexibility index (Phi) is 4.67. The summed E-state index contributed by atoms with van der Waals surface area (Å²) in [5.74, 6) is 0.531. The lowest BCUT2D eigenvalue weighted by Gasteiger charge is -2.08. The van der Waals surface area contributed by atoms with Crippen molar-refractivity contribution in [3.8, 4) is 17.1 Å².